The second kappa shape index (κ2) is 5.79. The molecule has 2 rings (SSSR count). The number of aromatic nitrogens is 4. The lowest BCUT2D eigenvalue weighted by molar-refractivity contribution is 0.0526. The zero-order valence-corrected chi connectivity index (χ0v) is 12.0. The normalized spacial score (nSPS) is 10.3. The molecule has 0 saturated carbocycles. The van der Waals surface area contributed by atoms with Crippen molar-refractivity contribution in [1.82, 2.24) is 19.7 Å². The molecule has 0 spiro atoms. The van der Waals surface area contributed by atoms with Gasteiger partial charge >= 0.3 is 5.97 Å². The van der Waals surface area contributed by atoms with Gasteiger partial charge < -0.3 is 10.1 Å². The Morgan fingerprint density at radius 3 is 3.00 bits per heavy atom. The van der Waals surface area contributed by atoms with Crippen LogP contribution in [0.4, 0.5) is 5.95 Å². The summed E-state index contributed by atoms with van der Waals surface area (Å²) in [6.07, 6.45) is 4.61. The zero-order chi connectivity index (χ0) is 13.8. The molecule has 0 fully saturated rings. The number of esters is 1. The number of rotatable bonds is 4. The molecule has 7 nitrogen and oxygen atoms in total. The molecule has 100 valence electrons. The van der Waals surface area contributed by atoms with E-state index in [4.69, 9.17) is 4.74 Å². The SMILES string of the molecule is CCOC(=O)c1cnn(-c2nc(NC)ncc2Br)c1. The summed E-state index contributed by atoms with van der Waals surface area (Å²) in [5.41, 5.74) is 0.373. The number of carbonyl (C=O) groups is 1. The van der Waals surface area contributed by atoms with E-state index in [1.54, 1.807) is 26.4 Å². The van der Waals surface area contributed by atoms with Crippen molar-refractivity contribution in [2.75, 3.05) is 19.0 Å². The van der Waals surface area contributed by atoms with Crippen LogP contribution in [0.15, 0.2) is 23.1 Å². The molecular weight excluding hydrogens is 314 g/mol. The van der Waals surface area contributed by atoms with Gasteiger partial charge in [-0.2, -0.15) is 10.1 Å². The zero-order valence-electron chi connectivity index (χ0n) is 10.4. The van der Waals surface area contributed by atoms with Crippen LogP contribution in [-0.2, 0) is 4.74 Å². The first-order valence-corrected chi connectivity index (χ1v) is 6.37. The molecule has 0 aromatic carbocycles. The molecule has 0 unspecified atom stereocenters. The maximum Gasteiger partial charge on any atom is 0.341 e. The highest BCUT2D eigenvalue weighted by molar-refractivity contribution is 9.10. The quantitative estimate of drug-likeness (QED) is 0.860. The number of ether oxygens (including phenoxy) is 1. The largest absolute Gasteiger partial charge is 0.462 e. The predicted octanol–water partition coefficient (Wildman–Crippen LogP) is 1.64. The predicted molar refractivity (Wildman–Crippen MR) is 72.4 cm³/mol. The van der Waals surface area contributed by atoms with Crippen LogP contribution in [-0.4, -0.2) is 39.4 Å². The minimum atomic E-state index is -0.409. The van der Waals surface area contributed by atoms with E-state index >= 15 is 0 Å². The van der Waals surface area contributed by atoms with E-state index in [1.165, 1.54) is 10.9 Å². The van der Waals surface area contributed by atoms with Gasteiger partial charge in [0.25, 0.3) is 0 Å². The number of carbonyl (C=O) groups excluding carboxylic acids is 1. The standard InChI is InChI=1S/C11H12BrN5O2/c1-3-19-10(18)7-4-15-17(6-7)9-8(12)5-14-11(13-2)16-9/h4-6H,3H2,1-2H3,(H,13,14,16). The summed E-state index contributed by atoms with van der Waals surface area (Å²) in [7, 11) is 1.72. The van der Waals surface area contributed by atoms with Crippen molar-refractivity contribution >= 4 is 27.8 Å². The maximum atomic E-state index is 11.6. The first-order valence-electron chi connectivity index (χ1n) is 5.58. The third-order valence-corrected chi connectivity index (χ3v) is 2.82. The Labute approximate surface area is 118 Å². The van der Waals surface area contributed by atoms with Gasteiger partial charge in [-0.1, -0.05) is 0 Å². The van der Waals surface area contributed by atoms with Gasteiger partial charge in [-0.25, -0.2) is 14.5 Å². The first-order chi connectivity index (χ1) is 9.15. The van der Waals surface area contributed by atoms with Crippen LogP contribution >= 0.6 is 15.9 Å². The van der Waals surface area contributed by atoms with E-state index in [9.17, 15) is 4.79 Å². The van der Waals surface area contributed by atoms with Crippen LogP contribution in [0.1, 0.15) is 17.3 Å². The number of anilines is 1. The van der Waals surface area contributed by atoms with Crippen molar-refractivity contribution in [1.29, 1.82) is 0 Å². The van der Waals surface area contributed by atoms with Crippen LogP contribution in [0.3, 0.4) is 0 Å². The van der Waals surface area contributed by atoms with E-state index < -0.39 is 5.97 Å². The summed E-state index contributed by atoms with van der Waals surface area (Å²) >= 11 is 3.34. The fourth-order valence-corrected chi connectivity index (χ4v) is 1.77. The highest BCUT2D eigenvalue weighted by atomic mass is 79.9. The molecule has 0 aliphatic rings. The molecule has 19 heavy (non-hydrogen) atoms. The Morgan fingerprint density at radius 2 is 2.32 bits per heavy atom. The topological polar surface area (TPSA) is 81.9 Å². The third kappa shape index (κ3) is 2.90. The molecule has 0 saturated heterocycles. The summed E-state index contributed by atoms with van der Waals surface area (Å²) in [6, 6.07) is 0. The van der Waals surface area contributed by atoms with Gasteiger partial charge in [0.2, 0.25) is 5.95 Å². The molecule has 0 bridgehead atoms. The second-order valence-electron chi connectivity index (χ2n) is 3.51. The average molecular weight is 326 g/mol. The van der Waals surface area contributed by atoms with Crippen molar-refractivity contribution in [3.8, 4) is 5.82 Å². The van der Waals surface area contributed by atoms with E-state index in [1.807, 2.05) is 0 Å². The second-order valence-corrected chi connectivity index (χ2v) is 4.36. The molecule has 0 radical (unpaired) electrons. The molecule has 0 amide bonds. The lowest BCUT2D eigenvalue weighted by Crippen LogP contribution is -2.05. The molecular formula is C11H12BrN5O2. The van der Waals surface area contributed by atoms with E-state index in [0.29, 0.717) is 28.4 Å². The van der Waals surface area contributed by atoms with Crippen molar-refractivity contribution < 1.29 is 9.53 Å². The summed E-state index contributed by atoms with van der Waals surface area (Å²) in [6.45, 7) is 2.08. The minimum Gasteiger partial charge on any atom is -0.462 e. The molecule has 2 heterocycles. The van der Waals surface area contributed by atoms with Gasteiger partial charge in [0.05, 0.1) is 22.8 Å². The van der Waals surface area contributed by atoms with Gasteiger partial charge in [-0.3, -0.25) is 0 Å². The molecule has 1 N–H and O–H groups in total. The van der Waals surface area contributed by atoms with Gasteiger partial charge in [-0.05, 0) is 22.9 Å². The summed E-state index contributed by atoms with van der Waals surface area (Å²) in [4.78, 5) is 19.9. The van der Waals surface area contributed by atoms with Gasteiger partial charge in [0, 0.05) is 19.4 Å². The van der Waals surface area contributed by atoms with Crippen molar-refractivity contribution in [2.45, 2.75) is 6.92 Å². The van der Waals surface area contributed by atoms with Crippen LogP contribution in [0.2, 0.25) is 0 Å². The van der Waals surface area contributed by atoms with Crippen molar-refractivity contribution in [2.24, 2.45) is 0 Å². The summed E-state index contributed by atoms with van der Waals surface area (Å²) in [5.74, 6) is 0.592. The molecule has 2 aromatic rings. The fourth-order valence-electron chi connectivity index (χ4n) is 1.40. The number of halogens is 1. The molecule has 8 heteroatoms. The van der Waals surface area contributed by atoms with E-state index in [0.717, 1.165) is 0 Å². The Morgan fingerprint density at radius 1 is 1.53 bits per heavy atom. The monoisotopic (exact) mass is 325 g/mol. The van der Waals surface area contributed by atoms with Crippen LogP contribution in [0.25, 0.3) is 5.82 Å². The summed E-state index contributed by atoms with van der Waals surface area (Å²) in [5, 5.41) is 6.93. The third-order valence-electron chi connectivity index (χ3n) is 2.26. The van der Waals surface area contributed by atoms with Gasteiger partial charge in [-0.15, -0.1) is 0 Å². The van der Waals surface area contributed by atoms with Crippen LogP contribution < -0.4 is 5.32 Å². The van der Waals surface area contributed by atoms with Crippen LogP contribution in [0, 0.1) is 0 Å². The number of hydrogen-bond donors (Lipinski definition) is 1. The molecule has 0 aliphatic carbocycles. The summed E-state index contributed by atoms with van der Waals surface area (Å²) < 4.78 is 7.06. The number of hydrogen-bond acceptors (Lipinski definition) is 6. The molecule has 2 aromatic heterocycles. The lowest BCUT2D eigenvalue weighted by Gasteiger charge is -2.05. The van der Waals surface area contributed by atoms with Gasteiger partial charge in [0.1, 0.15) is 0 Å². The Balaban J connectivity index is 2.34. The Bertz CT molecular complexity index is 599. The Hall–Kier alpha value is -1.96. The fraction of sp³-hybridized carbons (Fsp3) is 0.273. The van der Waals surface area contributed by atoms with Gasteiger partial charge in [0.15, 0.2) is 5.82 Å². The first kappa shape index (κ1) is 13.5. The average Bonchev–Trinajstić information content (AvgIpc) is 2.89. The number of nitrogens with one attached hydrogen (secondary N) is 1. The molecule has 0 aliphatic heterocycles. The maximum absolute atomic E-state index is 11.6. The lowest BCUT2D eigenvalue weighted by atomic mass is 10.4. The van der Waals surface area contributed by atoms with Crippen molar-refractivity contribution in [3.05, 3.63) is 28.6 Å². The molecule has 0 atom stereocenters. The number of nitrogens with zero attached hydrogens (tertiary/aromatic N) is 4. The minimum absolute atomic E-state index is 0.325. The van der Waals surface area contributed by atoms with E-state index in [-0.39, 0.29) is 0 Å². The highest BCUT2D eigenvalue weighted by Crippen LogP contribution is 2.19. The highest BCUT2D eigenvalue weighted by Gasteiger charge is 2.13. The van der Waals surface area contributed by atoms with Crippen molar-refractivity contribution in [3.63, 3.8) is 0 Å². The van der Waals surface area contributed by atoms with Crippen LogP contribution in [0.5, 0.6) is 0 Å². The van der Waals surface area contributed by atoms with E-state index in [2.05, 4.69) is 36.3 Å². The smallest absolute Gasteiger partial charge is 0.341 e. The Kier molecular flexibility index (Phi) is 4.10.